The molecule has 0 spiro atoms. The summed E-state index contributed by atoms with van der Waals surface area (Å²) < 4.78 is 5.28. The highest BCUT2D eigenvalue weighted by Crippen LogP contribution is 2.15. The van der Waals surface area contributed by atoms with Gasteiger partial charge < -0.3 is 9.32 Å². The third kappa shape index (κ3) is 3.18. The zero-order chi connectivity index (χ0) is 14.7. The Hall–Kier alpha value is -2.43. The zero-order valence-electron chi connectivity index (χ0n) is 12.0. The number of rotatable bonds is 4. The van der Waals surface area contributed by atoms with Gasteiger partial charge in [-0.15, -0.1) is 0 Å². The number of hydrogen-bond donors (Lipinski definition) is 0. The van der Waals surface area contributed by atoms with Crippen molar-refractivity contribution in [3.63, 3.8) is 0 Å². The average molecular weight is 283 g/mol. The molecule has 0 amide bonds. The minimum Gasteiger partial charge on any atom is -0.458 e. The molecule has 0 unspecified atom stereocenters. The molecule has 1 aliphatic rings. The molecule has 21 heavy (non-hydrogen) atoms. The van der Waals surface area contributed by atoms with Crippen molar-refractivity contribution in [1.82, 2.24) is 9.97 Å². The van der Waals surface area contributed by atoms with Crippen molar-refractivity contribution in [2.75, 3.05) is 18.0 Å². The lowest BCUT2D eigenvalue weighted by atomic mass is 10.2. The molecular weight excluding hydrogens is 266 g/mol. The van der Waals surface area contributed by atoms with Crippen molar-refractivity contribution < 1.29 is 9.21 Å². The van der Waals surface area contributed by atoms with Crippen LogP contribution in [-0.2, 0) is 0 Å². The third-order valence-corrected chi connectivity index (χ3v) is 3.46. The fraction of sp³-hybridized carbons (Fsp3) is 0.312. The second-order valence-electron chi connectivity index (χ2n) is 5.12. The van der Waals surface area contributed by atoms with Crippen LogP contribution in [0.15, 0.2) is 35.0 Å². The van der Waals surface area contributed by atoms with Crippen molar-refractivity contribution in [2.24, 2.45) is 0 Å². The highest BCUT2D eigenvalue weighted by atomic mass is 16.3. The van der Waals surface area contributed by atoms with E-state index in [2.05, 4.69) is 14.9 Å². The third-order valence-electron chi connectivity index (χ3n) is 3.46. The lowest BCUT2D eigenvalue weighted by molar-refractivity contribution is 0.102. The number of carbonyl (C=O) groups excluding carboxylic acids is 1. The number of anilines is 1. The number of aryl methyl sites for hydroxylation is 1. The number of nitrogens with zero attached hydrogens (tertiary/aromatic N) is 3. The average Bonchev–Trinajstić information content (AvgIpc) is 3.16. The highest BCUT2D eigenvalue weighted by molar-refractivity contribution is 6.04. The SMILES string of the molecule is Cc1ccc(C(=O)/C=C\c2cnc(N3CCCC3)nc2)o1. The molecule has 0 aliphatic carbocycles. The van der Waals surface area contributed by atoms with Gasteiger partial charge in [-0.1, -0.05) is 0 Å². The molecule has 1 aliphatic heterocycles. The molecule has 0 bridgehead atoms. The maximum absolute atomic E-state index is 11.9. The van der Waals surface area contributed by atoms with Crippen molar-refractivity contribution >= 4 is 17.8 Å². The summed E-state index contributed by atoms with van der Waals surface area (Å²) >= 11 is 0. The van der Waals surface area contributed by atoms with E-state index in [1.54, 1.807) is 30.6 Å². The summed E-state index contributed by atoms with van der Waals surface area (Å²) in [5.41, 5.74) is 0.801. The number of hydrogen-bond acceptors (Lipinski definition) is 5. The van der Waals surface area contributed by atoms with E-state index in [4.69, 9.17) is 4.42 Å². The van der Waals surface area contributed by atoms with Crippen molar-refractivity contribution in [3.05, 3.63) is 47.7 Å². The van der Waals surface area contributed by atoms with Crippen molar-refractivity contribution in [2.45, 2.75) is 19.8 Å². The van der Waals surface area contributed by atoms with E-state index < -0.39 is 0 Å². The van der Waals surface area contributed by atoms with Crippen LogP contribution in [0, 0.1) is 6.92 Å². The molecule has 0 aromatic carbocycles. The Morgan fingerprint density at radius 1 is 1.24 bits per heavy atom. The number of furan rings is 1. The predicted molar refractivity (Wildman–Crippen MR) is 80.3 cm³/mol. The molecule has 5 nitrogen and oxygen atoms in total. The van der Waals surface area contributed by atoms with E-state index in [1.807, 2.05) is 6.92 Å². The normalized spacial score (nSPS) is 15.0. The van der Waals surface area contributed by atoms with Crippen LogP contribution in [0.25, 0.3) is 6.08 Å². The van der Waals surface area contributed by atoms with Gasteiger partial charge in [-0.3, -0.25) is 4.79 Å². The monoisotopic (exact) mass is 283 g/mol. The van der Waals surface area contributed by atoms with E-state index in [1.165, 1.54) is 18.9 Å². The van der Waals surface area contributed by atoms with E-state index in [-0.39, 0.29) is 5.78 Å². The fourth-order valence-corrected chi connectivity index (χ4v) is 2.32. The minimum atomic E-state index is -0.160. The molecule has 1 fully saturated rings. The summed E-state index contributed by atoms with van der Waals surface area (Å²) in [7, 11) is 0. The first-order valence-electron chi connectivity index (χ1n) is 7.08. The van der Waals surface area contributed by atoms with Gasteiger partial charge in [-0.05, 0) is 44.1 Å². The van der Waals surface area contributed by atoms with Crippen LogP contribution in [-0.4, -0.2) is 28.8 Å². The van der Waals surface area contributed by atoms with E-state index >= 15 is 0 Å². The minimum absolute atomic E-state index is 0.160. The molecule has 0 radical (unpaired) electrons. The molecule has 108 valence electrons. The van der Waals surface area contributed by atoms with Gasteiger partial charge >= 0.3 is 0 Å². The van der Waals surface area contributed by atoms with Crippen LogP contribution in [0.1, 0.15) is 34.7 Å². The second-order valence-corrected chi connectivity index (χ2v) is 5.12. The summed E-state index contributed by atoms with van der Waals surface area (Å²) in [4.78, 5) is 22.7. The Morgan fingerprint density at radius 3 is 2.57 bits per heavy atom. The van der Waals surface area contributed by atoms with Gasteiger partial charge in [0.2, 0.25) is 11.7 Å². The van der Waals surface area contributed by atoms with Gasteiger partial charge in [-0.25, -0.2) is 9.97 Å². The number of allylic oxidation sites excluding steroid dienone is 1. The van der Waals surface area contributed by atoms with Crippen molar-refractivity contribution in [3.8, 4) is 0 Å². The van der Waals surface area contributed by atoms with Crippen LogP contribution in [0.5, 0.6) is 0 Å². The molecule has 2 aromatic rings. The van der Waals surface area contributed by atoms with Gasteiger partial charge in [0.25, 0.3) is 0 Å². The van der Waals surface area contributed by atoms with E-state index in [0.29, 0.717) is 5.76 Å². The summed E-state index contributed by atoms with van der Waals surface area (Å²) in [6, 6.07) is 3.45. The summed E-state index contributed by atoms with van der Waals surface area (Å²) in [5.74, 6) is 1.67. The van der Waals surface area contributed by atoms with Crippen LogP contribution in [0.3, 0.4) is 0 Å². The van der Waals surface area contributed by atoms with Gasteiger partial charge in [-0.2, -0.15) is 0 Å². The second kappa shape index (κ2) is 5.91. The van der Waals surface area contributed by atoms with Gasteiger partial charge in [0, 0.05) is 31.0 Å². The largest absolute Gasteiger partial charge is 0.458 e. The van der Waals surface area contributed by atoms with Crippen LogP contribution in [0.2, 0.25) is 0 Å². The number of ketones is 1. The predicted octanol–water partition coefficient (Wildman–Crippen LogP) is 2.87. The van der Waals surface area contributed by atoms with Gasteiger partial charge in [0.15, 0.2) is 5.76 Å². The molecule has 0 saturated carbocycles. The maximum atomic E-state index is 11.9. The van der Waals surface area contributed by atoms with Gasteiger partial charge in [0.05, 0.1) is 0 Å². The standard InChI is InChI=1S/C16H17N3O2/c1-12-4-7-15(21-12)14(20)6-5-13-10-17-16(18-11-13)19-8-2-3-9-19/h4-7,10-11H,2-3,8-9H2,1H3/b6-5-. The Balaban J connectivity index is 1.67. The number of aromatic nitrogens is 2. The topological polar surface area (TPSA) is 59.2 Å². The first kappa shape index (κ1) is 13.5. The molecule has 3 rings (SSSR count). The Kier molecular flexibility index (Phi) is 3.81. The van der Waals surface area contributed by atoms with Crippen LogP contribution >= 0.6 is 0 Å². The zero-order valence-corrected chi connectivity index (χ0v) is 12.0. The van der Waals surface area contributed by atoms with Crippen molar-refractivity contribution in [1.29, 1.82) is 0 Å². The molecule has 0 N–H and O–H groups in total. The maximum Gasteiger partial charge on any atom is 0.225 e. The Bertz CT molecular complexity index is 652. The quantitative estimate of drug-likeness (QED) is 0.638. The van der Waals surface area contributed by atoms with Crippen LogP contribution < -0.4 is 4.90 Å². The smallest absolute Gasteiger partial charge is 0.225 e. The lowest BCUT2D eigenvalue weighted by Gasteiger charge is -2.14. The Morgan fingerprint density at radius 2 is 1.95 bits per heavy atom. The summed E-state index contributed by atoms with van der Waals surface area (Å²) in [6.07, 6.45) is 9.04. The fourth-order valence-electron chi connectivity index (χ4n) is 2.32. The molecule has 2 aromatic heterocycles. The highest BCUT2D eigenvalue weighted by Gasteiger charge is 2.14. The first-order valence-corrected chi connectivity index (χ1v) is 7.08. The molecule has 3 heterocycles. The Labute approximate surface area is 123 Å². The molecule has 5 heteroatoms. The lowest BCUT2D eigenvalue weighted by Crippen LogP contribution is -2.20. The first-order chi connectivity index (χ1) is 10.2. The molecule has 1 saturated heterocycles. The van der Waals surface area contributed by atoms with Gasteiger partial charge in [0.1, 0.15) is 5.76 Å². The van der Waals surface area contributed by atoms with E-state index in [0.717, 1.165) is 30.4 Å². The molecular formula is C16H17N3O2. The summed E-state index contributed by atoms with van der Waals surface area (Å²) in [5, 5.41) is 0. The number of carbonyl (C=O) groups is 1. The van der Waals surface area contributed by atoms with E-state index in [9.17, 15) is 4.79 Å². The molecule has 0 atom stereocenters. The van der Waals surface area contributed by atoms with Crippen LogP contribution in [0.4, 0.5) is 5.95 Å². The summed E-state index contributed by atoms with van der Waals surface area (Å²) in [6.45, 7) is 3.85.